The Morgan fingerprint density at radius 1 is 1.19 bits per heavy atom. The average molecular weight is 371 g/mol. The van der Waals surface area contributed by atoms with Crippen molar-refractivity contribution in [1.29, 1.82) is 0 Å². The number of nitrogens with zero attached hydrogens (tertiary/aromatic N) is 2. The summed E-state index contributed by atoms with van der Waals surface area (Å²) in [6, 6.07) is 8.47. The van der Waals surface area contributed by atoms with Gasteiger partial charge in [-0.15, -0.1) is 0 Å². The lowest BCUT2D eigenvalue weighted by Crippen LogP contribution is -2.24. The van der Waals surface area contributed by atoms with Gasteiger partial charge in [-0.3, -0.25) is 4.79 Å². The van der Waals surface area contributed by atoms with E-state index in [1.54, 1.807) is 35.6 Å². The van der Waals surface area contributed by atoms with Gasteiger partial charge in [-0.2, -0.15) is 16.3 Å². The number of urea groups is 1. The SMILES string of the molecule is CNC(=O)Nc1cccc(NC(=O)CCc2nc(-c3ccsc3)no2)c1. The summed E-state index contributed by atoms with van der Waals surface area (Å²) in [4.78, 5) is 27.7. The van der Waals surface area contributed by atoms with E-state index in [1.807, 2.05) is 16.8 Å². The molecule has 3 rings (SSSR count). The van der Waals surface area contributed by atoms with Crippen molar-refractivity contribution in [2.24, 2.45) is 0 Å². The van der Waals surface area contributed by atoms with E-state index in [1.165, 1.54) is 7.05 Å². The topological polar surface area (TPSA) is 109 Å². The largest absolute Gasteiger partial charge is 0.341 e. The second kappa shape index (κ2) is 8.26. The van der Waals surface area contributed by atoms with E-state index in [2.05, 4.69) is 26.1 Å². The number of benzene rings is 1. The number of carbonyl (C=O) groups excluding carboxylic acids is 2. The number of anilines is 2. The lowest BCUT2D eigenvalue weighted by atomic mass is 10.2. The van der Waals surface area contributed by atoms with Crippen LogP contribution in [0.5, 0.6) is 0 Å². The highest BCUT2D eigenvalue weighted by atomic mass is 32.1. The minimum absolute atomic E-state index is 0.183. The molecule has 0 aliphatic heterocycles. The molecular weight excluding hydrogens is 354 g/mol. The number of aromatic nitrogens is 2. The van der Waals surface area contributed by atoms with Gasteiger partial charge in [-0.1, -0.05) is 11.2 Å². The fraction of sp³-hybridized carbons (Fsp3) is 0.176. The Kier molecular flexibility index (Phi) is 5.59. The van der Waals surface area contributed by atoms with Crippen LogP contribution in [0, 0.1) is 0 Å². The molecule has 0 aliphatic rings. The van der Waals surface area contributed by atoms with Gasteiger partial charge in [-0.05, 0) is 29.6 Å². The summed E-state index contributed by atoms with van der Waals surface area (Å²) in [7, 11) is 1.53. The highest BCUT2D eigenvalue weighted by Gasteiger charge is 2.11. The van der Waals surface area contributed by atoms with Crippen molar-refractivity contribution in [3.8, 4) is 11.4 Å². The molecule has 3 aromatic rings. The van der Waals surface area contributed by atoms with Crippen molar-refractivity contribution in [3.05, 3.63) is 47.0 Å². The van der Waals surface area contributed by atoms with Crippen molar-refractivity contribution < 1.29 is 14.1 Å². The molecule has 3 N–H and O–H groups in total. The van der Waals surface area contributed by atoms with E-state index >= 15 is 0 Å². The lowest BCUT2D eigenvalue weighted by molar-refractivity contribution is -0.116. The number of hydrogen-bond donors (Lipinski definition) is 3. The first kappa shape index (κ1) is 17.6. The molecule has 0 spiro atoms. The maximum atomic E-state index is 12.1. The normalized spacial score (nSPS) is 10.3. The Morgan fingerprint density at radius 3 is 2.73 bits per heavy atom. The van der Waals surface area contributed by atoms with E-state index in [9.17, 15) is 9.59 Å². The summed E-state index contributed by atoms with van der Waals surface area (Å²) >= 11 is 1.55. The third-order valence-electron chi connectivity index (χ3n) is 3.44. The van der Waals surface area contributed by atoms with Gasteiger partial charge in [0.25, 0.3) is 0 Å². The smallest absolute Gasteiger partial charge is 0.318 e. The van der Waals surface area contributed by atoms with Crippen LogP contribution in [-0.2, 0) is 11.2 Å². The summed E-state index contributed by atoms with van der Waals surface area (Å²) in [6.45, 7) is 0. The maximum Gasteiger partial charge on any atom is 0.318 e. The first-order valence-corrected chi connectivity index (χ1v) is 8.82. The number of nitrogens with one attached hydrogen (secondary N) is 3. The van der Waals surface area contributed by atoms with E-state index in [4.69, 9.17) is 4.52 Å². The van der Waals surface area contributed by atoms with Crippen molar-refractivity contribution in [2.45, 2.75) is 12.8 Å². The van der Waals surface area contributed by atoms with Crippen LogP contribution in [0.3, 0.4) is 0 Å². The zero-order chi connectivity index (χ0) is 18.4. The Labute approximate surface area is 153 Å². The summed E-state index contributed by atoms with van der Waals surface area (Å²) < 4.78 is 5.17. The van der Waals surface area contributed by atoms with Gasteiger partial charge in [0.2, 0.25) is 17.6 Å². The van der Waals surface area contributed by atoms with E-state index in [0.29, 0.717) is 29.5 Å². The van der Waals surface area contributed by atoms with E-state index in [0.717, 1.165) is 5.56 Å². The third kappa shape index (κ3) is 4.67. The average Bonchev–Trinajstić information content (AvgIpc) is 3.31. The molecule has 1 aromatic carbocycles. The fourth-order valence-electron chi connectivity index (χ4n) is 2.18. The molecule has 0 unspecified atom stereocenters. The molecule has 3 amide bonds. The van der Waals surface area contributed by atoms with Crippen molar-refractivity contribution in [1.82, 2.24) is 15.5 Å². The highest BCUT2D eigenvalue weighted by molar-refractivity contribution is 7.08. The molecule has 8 nitrogen and oxygen atoms in total. The van der Waals surface area contributed by atoms with Crippen LogP contribution in [0.2, 0.25) is 0 Å². The van der Waals surface area contributed by atoms with Gasteiger partial charge in [0.15, 0.2) is 0 Å². The van der Waals surface area contributed by atoms with Gasteiger partial charge >= 0.3 is 6.03 Å². The zero-order valence-electron chi connectivity index (χ0n) is 14.0. The van der Waals surface area contributed by atoms with Crippen molar-refractivity contribution >= 4 is 34.6 Å². The minimum Gasteiger partial charge on any atom is -0.341 e. The number of hydrogen-bond acceptors (Lipinski definition) is 6. The van der Waals surface area contributed by atoms with Gasteiger partial charge in [-0.25, -0.2) is 4.79 Å². The first-order chi connectivity index (χ1) is 12.6. The van der Waals surface area contributed by atoms with Crippen LogP contribution >= 0.6 is 11.3 Å². The number of amides is 3. The molecule has 0 fully saturated rings. The Morgan fingerprint density at radius 2 is 2.00 bits per heavy atom. The number of carbonyl (C=O) groups is 2. The molecule has 0 aliphatic carbocycles. The van der Waals surface area contributed by atoms with Gasteiger partial charge in [0.1, 0.15) is 0 Å². The monoisotopic (exact) mass is 371 g/mol. The number of aryl methyl sites for hydroxylation is 1. The van der Waals surface area contributed by atoms with Gasteiger partial charge < -0.3 is 20.5 Å². The zero-order valence-corrected chi connectivity index (χ0v) is 14.8. The van der Waals surface area contributed by atoms with Crippen LogP contribution < -0.4 is 16.0 Å². The molecule has 0 radical (unpaired) electrons. The van der Waals surface area contributed by atoms with Gasteiger partial charge in [0, 0.05) is 42.2 Å². The van der Waals surface area contributed by atoms with Crippen LogP contribution in [0.4, 0.5) is 16.2 Å². The lowest BCUT2D eigenvalue weighted by Gasteiger charge is -2.08. The molecule has 134 valence electrons. The summed E-state index contributed by atoms with van der Waals surface area (Å²) in [6.07, 6.45) is 0.553. The van der Waals surface area contributed by atoms with Crippen LogP contribution in [0.25, 0.3) is 11.4 Å². The van der Waals surface area contributed by atoms with Crippen LogP contribution in [0.15, 0.2) is 45.6 Å². The number of thiophene rings is 1. The summed E-state index contributed by atoms with van der Waals surface area (Å²) in [5.41, 5.74) is 2.07. The van der Waals surface area contributed by atoms with Gasteiger partial charge in [0.05, 0.1) is 0 Å². The maximum absolute atomic E-state index is 12.1. The standard InChI is InChI=1S/C17H17N5O3S/c1-18-17(24)20-13-4-2-3-12(9-13)19-14(23)5-6-15-21-16(22-25-15)11-7-8-26-10-11/h2-4,7-10H,5-6H2,1H3,(H,19,23)(H2,18,20,24). The molecular formula is C17H17N5O3S. The fourth-order valence-corrected chi connectivity index (χ4v) is 2.81. The predicted octanol–water partition coefficient (Wildman–Crippen LogP) is 3.12. The highest BCUT2D eigenvalue weighted by Crippen LogP contribution is 2.19. The molecule has 9 heteroatoms. The second-order valence-electron chi connectivity index (χ2n) is 5.36. The second-order valence-corrected chi connectivity index (χ2v) is 6.14. The van der Waals surface area contributed by atoms with Crippen LogP contribution in [0.1, 0.15) is 12.3 Å². The molecule has 0 atom stereocenters. The minimum atomic E-state index is -0.328. The molecule has 0 saturated heterocycles. The Balaban J connectivity index is 1.53. The molecule has 2 heterocycles. The van der Waals surface area contributed by atoms with Crippen molar-refractivity contribution in [3.63, 3.8) is 0 Å². The van der Waals surface area contributed by atoms with E-state index in [-0.39, 0.29) is 18.4 Å². The quantitative estimate of drug-likeness (QED) is 0.617. The summed E-state index contributed by atoms with van der Waals surface area (Å²) in [5.74, 6) is 0.753. The Bertz CT molecular complexity index is 891. The van der Waals surface area contributed by atoms with Crippen LogP contribution in [-0.4, -0.2) is 29.1 Å². The molecule has 0 saturated carbocycles. The summed E-state index contributed by atoms with van der Waals surface area (Å²) in [5, 5.41) is 15.7. The first-order valence-electron chi connectivity index (χ1n) is 7.88. The predicted molar refractivity (Wildman–Crippen MR) is 99.1 cm³/mol. The van der Waals surface area contributed by atoms with Crippen molar-refractivity contribution in [2.75, 3.05) is 17.7 Å². The molecule has 0 bridgehead atoms. The molecule has 2 aromatic heterocycles. The number of rotatable bonds is 6. The Hall–Kier alpha value is -3.20. The third-order valence-corrected chi connectivity index (χ3v) is 4.13. The van der Waals surface area contributed by atoms with E-state index < -0.39 is 0 Å². The molecule has 26 heavy (non-hydrogen) atoms.